The van der Waals surface area contributed by atoms with E-state index in [9.17, 15) is 4.79 Å². The lowest BCUT2D eigenvalue weighted by atomic mass is 10.1. The number of ether oxygens (including phenoxy) is 1. The maximum Gasteiger partial charge on any atom is 0.234 e. The summed E-state index contributed by atoms with van der Waals surface area (Å²) in [7, 11) is 0. The summed E-state index contributed by atoms with van der Waals surface area (Å²) in [6, 6.07) is -0.543. The van der Waals surface area contributed by atoms with Crippen LogP contribution in [0.2, 0.25) is 0 Å². The van der Waals surface area contributed by atoms with Gasteiger partial charge in [0.1, 0.15) is 0 Å². The van der Waals surface area contributed by atoms with Gasteiger partial charge in [-0.05, 0) is 19.3 Å². The Hall–Kier alpha value is -0.610. The average molecular weight is 158 g/mol. The van der Waals surface area contributed by atoms with Gasteiger partial charge in [0.15, 0.2) is 0 Å². The zero-order valence-corrected chi connectivity index (χ0v) is 6.45. The molecule has 0 aromatic rings. The highest BCUT2D eigenvalue weighted by atomic mass is 16.5. The van der Waals surface area contributed by atoms with Crippen LogP contribution in [0.1, 0.15) is 19.3 Å². The molecule has 0 aromatic carbocycles. The topological polar surface area (TPSA) is 78.3 Å². The SMILES string of the molecule is NC(=O)C(N)CC1CCCO1. The summed E-state index contributed by atoms with van der Waals surface area (Å²) in [5, 5.41) is 0. The molecule has 1 heterocycles. The van der Waals surface area contributed by atoms with E-state index < -0.39 is 11.9 Å². The van der Waals surface area contributed by atoms with Gasteiger partial charge in [-0.3, -0.25) is 4.79 Å². The second kappa shape index (κ2) is 3.69. The molecule has 2 unspecified atom stereocenters. The van der Waals surface area contributed by atoms with E-state index in [0.29, 0.717) is 6.42 Å². The highest BCUT2D eigenvalue weighted by molar-refractivity contribution is 5.79. The van der Waals surface area contributed by atoms with E-state index in [1.54, 1.807) is 0 Å². The summed E-state index contributed by atoms with van der Waals surface area (Å²) in [6.45, 7) is 0.788. The van der Waals surface area contributed by atoms with Crippen molar-refractivity contribution < 1.29 is 9.53 Å². The van der Waals surface area contributed by atoms with E-state index in [-0.39, 0.29) is 6.10 Å². The van der Waals surface area contributed by atoms with Crippen molar-refractivity contribution in [1.82, 2.24) is 0 Å². The molecule has 1 aliphatic heterocycles. The minimum Gasteiger partial charge on any atom is -0.378 e. The van der Waals surface area contributed by atoms with Gasteiger partial charge in [-0.1, -0.05) is 0 Å². The first-order chi connectivity index (χ1) is 5.20. The van der Waals surface area contributed by atoms with Crippen LogP contribution < -0.4 is 11.5 Å². The maximum atomic E-state index is 10.5. The molecule has 11 heavy (non-hydrogen) atoms. The van der Waals surface area contributed by atoms with Gasteiger partial charge in [0.05, 0.1) is 12.1 Å². The van der Waals surface area contributed by atoms with Crippen LogP contribution >= 0.6 is 0 Å². The fraction of sp³-hybridized carbons (Fsp3) is 0.857. The number of hydrogen-bond acceptors (Lipinski definition) is 3. The predicted octanol–water partition coefficient (Wildman–Crippen LogP) is -0.632. The third kappa shape index (κ3) is 2.48. The second-order valence-corrected chi connectivity index (χ2v) is 2.88. The Morgan fingerprint density at radius 3 is 2.91 bits per heavy atom. The Morgan fingerprint density at radius 1 is 1.73 bits per heavy atom. The van der Waals surface area contributed by atoms with Gasteiger partial charge in [-0.2, -0.15) is 0 Å². The maximum absolute atomic E-state index is 10.5. The predicted molar refractivity (Wildman–Crippen MR) is 40.8 cm³/mol. The Balaban J connectivity index is 2.23. The van der Waals surface area contributed by atoms with Crippen molar-refractivity contribution in [2.24, 2.45) is 11.5 Å². The molecular weight excluding hydrogens is 144 g/mol. The Kier molecular flexibility index (Phi) is 2.84. The fourth-order valence-electron chi connectivity index (χ4n) is 1.23. The Labute approximate surface area is 65.9 Å². The highest BCUT2D eigenvalue weighted by Crippen LogP contribution is 2.15. The van der Waals surface area contributed by atoms with Crippen LogP contribution in [0.25, 0.3) is 0 Å². The summed E-state index contributed by atoms with van der Waals surface area (Å²) < 4.78 is 5.29. The first kappa shape index (κ1) is 8.49. The van der Waals surface area contributed by atoms with Crippen molar-refractivity contribution in [3.8, 4) is 0 Å². The van der Waals surface area contributed by atoms with Crippen molar-refractivity contribution in [3.63, 3.8) is 0 Å². The first-order valence-corrected chi connectivity index (χ1v) is 3.86. The summed E-state index contributed by atoms with van der Waals surface area (Å²) in [6.07, 6.45) is 2.78. The van der Waals surface area contributed by atoms with E-state index in [0.717, 1.165) is 19.4 Å². The number of primary amides is 1. The zero-order chi connectivity index (χ0) is 8.27. The van der Waals surface area contributed by atoms with Crippen LogP contribution in [-0.2, 0) is 9.53 Å². The molecule has 1 rings (SSSR count). The van der Waals surface area contributed by atoms with Crippen LogP contribution in [0.15, 0.2) is 0 Å². The largest absolute Gasteiger partial charge is 0.378 e. The summed E-state index contributed by atoms with van der Waals surface area (Å²) in [4.78, 5) is 10.5. The second-order valence-electron chi connectivity index (χ2n) is 2.88. The molecule has 0 saturated carbocycles. The molecule has 4 N–H and O–H groups in total. The van der Waals surface area contributed by atoms with Crippen molar-refractivity contribution in [3.05, 3.63) is 0 Å². The molecule has 1 fully saturated rings. The van der Waals surface area contributed by atoms with Gasteiger partial charge in [0, 0.05) is 6.61 Å². The lowest BCUT2D eigenvalue weighted by Gasteiger charge is -2.12. The molecule has 0 radical (unpaired) electrons. The first-order valence-electron chi connectivity index (χ1n) is 3.86. The molecule has 0 bridgehead atoms. The molecule has 0 spiro atoms. The third-order valence-electron chi connectivity index (χ3n) is 1.91. The number of carbonyl (C=O) groups is 1. The van der Waals surface area contributed by atoms with E-state index in [4.69, 9.17) is 16.2 Å². The smallest absolute Gasteiger partial charge is 0.234 e. The van der Waals surface area contributed by atoms with Gasteiger partial charge in [0.25, 0.3) is 0 Å². The fourth-order valence-corrected chi connectivity index (χ4v) is 1.23. The average Bonchev–Trinajstić information content (AvgIpc) is 2.39. The van der Waals surface area contributed by atoms with E-state index in [1.165, 1.54) is 0 Å². The van der Waals surface area contributed by atoms with Gasteiger partial charge < -0.3 is 16.2 Å². The van der Waals surface area contributed by atoms with Crippen LogP contribution in [0.4, 0.5) is 0 Å². The molecule has 0 aromatic heterocycles. The quantitative estimate of drug-likeness (QED) is 0.574. The number of nitrogens with two attached hydrogens (primary N) is 2. The molecule has 0 aliphatic carbocycles. The summed E-state index contributed by atoms with van der Waals surface area (Å²) >= 11 is 0. The van der Waals surface area contributed by atoms with Crippen LogP contribution in [0.5, 0.6) is 0 Å². The van der Waals surface area contributed by atoms with Gasteiger partial charge in [0.2, 0.25) is 5.91 Å². The highest BCUT2D eigenvalue weighted by Gasteiger charge is 2.20. The molecule has 4 heteroatoms. The van der Waals surface area contributed by atoms with Crippen molar-refractivity contribution in [2.75, 3.05) is 6.61 Å². The normalized spacial score (nSPS) is 26.8. The van der Waals surface area contributed by atoms with E-state index in [1.807, 2.05) is 0 Å². The monoisotopic (exact) mass is 158 g/mol. The molecule has 1 aliphatic rings. The van der Waals surface area contributed by atoms with Crippen LogP contribution in [0, 0.1) is 0 Å². The van der Waals surface area contributed by atoms with Crippen LogP contribution in [-0.4, -0.2) is 24.7 Å². The molecule has 1 amide bonds. The molecule has 64 valence electrons. The van der Waals surface area contributed by atoms with Crippen molar-refractivity contribution in [2.45, 2.75) is 31.4 Å². The summed E-state index contributed by atoms with van der Waals surface area (Å²) in [5.74, 6) is -0.444. The summed E-state index contributed by atoms with van der Waals surface area (Å²) in [5.41, 5.74) is 10.4. The van der Waals surface area contributed by atoms with Gasteiger partial charge >= 0.3 is 0 Å². The molecular formula is C7H14N2O2. The number of rotatable bonds is 3. The number of hydrogen-bond donors (Lipinski definition) is 2. The Morgan fingerprint density at radius 2 is 2.45 bits per heavy atom. The van der Waals surface area contributed by atoms with Crippen LogP contribution in [0.3, 0.4) is 0 Å². The van der Waals surface area contributed by atoms with Crippen molar-refractivity contribution >= 4 is 5.91 Å². The molecule has 1 saturated heterocycles. The van der Waals surface area contributed by atoms with Gasteiger partial charge in [-0.15, -0.1) is 0 Å². The molecule has 4 nitrogen and oxygen atoms in total. The molecule has 2 atom stereocenters. The third-order valence-corrected chi connectivity index (χ3v) is 1.91. The minimum absolute atomic E-state index is 0.150. The zero-order valence-electron chi connectivity index (χ0n) is 6.45. The number of carbonyl (C=O) groups excluding carboxylic acids is 1. The van der Waals surface area contributed by atoms with Gasteiger partial charge in [-0.25, -0.2) is 0 Å². The van der Waals surface area contributed by atoms with E-state index >= 15 is 0 Å². The lowest BCUT2D eigenvalue weighted by Crippen LogP contribution is -2.38. The Bertz CT molecular complexity index is 143. The van der Waals surface area contributed by atoms with Crippen molar-refractivity contribution in [1.29, 1.82) is 0 Å². The number of amides is 1. The standard InChI is InChI=1S/C7H14N2O2/c8-6(7(9)10)4-5-2-1-3-11-5/h5-6H,1-4,8H2,(H2,9,10). The lowest BCUT2D eigenvalue weighted by molar-refractivity contribution is -0.120. The van der Waals surface area contributed by atoms with E-state index in [2.05, 4.69) is 0 Å². The minimum atomic E-state index is -0.543.